The summed E-state index contributed by atoms with van der Waals surface area (Å²) in [7, 11) is 0. The topological polar surface area (TPSA) is 18.5 Å². The summed E-state index contributed by atoms with van der Waals surface area (Å²) in [6, 6.07) is 20.0. The molecule has 33 heavy (non-hydrogen) atoms. The van der Waals surface area contributed by atoms with Gasteiger partial charge in [0, 0.05) is 16.7 Å². The molecule has 0 heterocycles. The van der Waals surface area contributed by atoms with Crippen molar-refractivity contribution in [1.29, 1.82) is 0 Å². The van der Waals surface area contributed by atoms with Gasteiger partial charge in [0.1, 0.15) is 17.3 Å². The summed E-state index contributed by atoms with van der Waals surface area (Å²) >= 11 is 0. The van der Waals surface area contributed by atoms with Gasteiger partial charge in [0.25, 0.3) is 0 Å². The summed E-state index contributed by atoms with van der Waals surface area (Å²) < 4.78 is 25.8. The van der Waals surface area contributed by atoms with Crippen molar-refractivity contribution in [3.63, 3.8) is 0 Å². The minimum Gasteiger partial charge on any atom is -0.494 e. The van der Waals surface area contributed by atoms with Crippen LogP contribution >= 0.6 is 0 Å². The Kier molecular flexibility index (Phi) is 9.44. The van der Waals surface area contributed by atoms with E-state index in [9.17, 15) is 4.39 Å². The first-order valence-corrected chi connectivity index (χ1v) is 11.5. The second kappa shape index (κ2) is 13.0. The molecule has 0 radical (unpaired) electrons. The molecule has 0 fully saturated rings. The Morgan fingerprint density at radius 1 is 0.606 bits per heavy atom. The highest BCUT2D eigenvalue weighted by molar-refractivity contribution is 5.49. The van der Waals surface area contributed by atoms with Crippen molar-refractivity contribution >= 4 is 0 Å². The van der Waals surface area contributed by atoms with Crippen molar-refractivity contribution in [2.45, 2.75) is 39.5 Å². The van der Waals surface area contributed by atoms with Crippen LogP contribution < -0.4 is 9.47 Å². The van der Waals surface area contributed by atoms with E-state index < -0.39 is 0 Å². The Bertz CT molecular complexity index is 1140. The number of rotatable bonds is 8. The lowest BCUT2D eigenvalue weighted by Crippen LogP contribution is -1.95. The van der Waals surface area contributed by atoms with Gasteiger partial charge in [-0.2, -0.15) is 0 Å². The first-order chi connectivity index (χ1) is 16.2. The van der Waals surface area contributed by atoms with Crippen LogP contribution in [0.25, 0.3) is 0 Å². The van der Waals surface area contributed by atoms with Gasteiger partial charge < -0.3 is 9.47 Å². The molecule has 0 aromatic heterocycles. The molecular weight excluding hydrogens is 411 g/mol. The van der Waals surface area contributed by atoms with Crippen LogP contribution in [0.2, 0.25) is 0 Å². The van der Waals surface area contributed by atoms with Gasteiger partial charge in [0.15, 0.2) is 0 Å². The zero-order valence-electron chi connectivity index (χ0n) is 19.3. The van der Waals surface area contributed by atoms with Gasteiger partial charge >= 0.3 is 0 Å². The minimum atomic E-state index is -0.381. The molecule has 0 aliphatic carbocycles. The molecule has 3 aromatic rings. The average Bonchev–Trinajstić information content (AvgIpc) is 2.84. The third-order valence-electron chi connectivity index (χ3n) is 4.90. The highest BCUT2D eigenvalue weighted by Gasteiger charge is 2.00. The molecule has 0 bridgehead atoms. The number of halogens is 1. The van der Waals surface area contributed by atoms with E-state index in [0.717, 1.165) is 54.9 Å². The van der Waals surface area contributed by atoms with Gasteiger partial charge in [-0.25, -0.2) is 4.39 Å². The smallest absolute Gasteiger partial charge is 0.140 e. The molecule has 3 rings (SSSR count). The van der Waals surface area contributed by atoms with E-state index in [4.69, 9.17) is 9.47 Å². The lowest BCUT2D eigenvalue weighted by molar-refractivity contribution is 0.309. The predicted molar refractivity (Wildman–Crippen MR) is 132 cm³/mol. The van der Waals surface area contributed by atoms with Gasteiger partial charge in [-0.1, -0.05) is 50.4 Å². The van der Waals surface area contributed by atoms with E-state index in [1.807, 2.05) is 48.5 Å². The van der Waals surface area contributed by atoms with E-state index >= 15 is 0 Å². The number of ether oxygens (including phenoxy) is 2. The zero-order valence-corrected chi connectivity index (χ0v) is 19.3. The van der Waals surface area contributed by atoms with E-state index in [-0.39, 0.29) is 5.82 Å². The SMILES string of the molecule is CCCCOc1ccc(C#Cc2ccc(C#Cc3ccc(OCCCC)cc3)c(F)c2)cc1. The Balaban J connectivity index is 1.61. The second-order valence-corrected chi connectivity index (χ2v) is 7.65. The fraction of sp³-hybridized carbons (Fsp3) is 0.267. The van der Waals surface area contributed by atoms with Gasteiger partial charge in [-0.15, -0.1) is 0 Å². The lowest BCUT2D eigenvalue weighted by atomic mass is 10.1. The Labute approximate surface area is 196 Å². The standard InChI is InChI=1S/C30H29FO2/c1-3-5-21-32-28-17-11-24(12-18-28)7-8-26-10-16-27(30(31)23-26)15-9-25-13-19-29(20-14-25)33-22-6-4-2/h10-14,16-20,23H,3-6,21-22H2,1-2H3. The molecule has 0 aliphatic rings. The van der Waals surface area contributed by atoms with E-state index in [2.05, 4.69) is 37.5 Å². The molecule has 0 saturated carbocycles. The van der Waals surface area contributed by atoms with Gasteiger partial charge in [-0.3, -0.25) is 0 Å². The number of unbranched alkanes of at least 4 members (excludes halogenated alkanes) is 2. The molecular formula is C30H29FO2. The van der Waals surface area contributed by atoms with E-state index in [1.165, 1.54) is 6.07 Å². The van der Waals surface area contributed by atoms with Crippen LogP contribution in [0.4, 0.5) is 4.39 Å². The quantitative estimate of drug-likeness (QED) is 0.278. The normalized spacial score (nSPS) is 9.91. The van der Waals surface area contributed by atoms with Crippen LogP contribution in [0.1, 0.15) is 61.8 Å². The predicted octanol–water partition coefficient (Wildman–Crippen LogP) is 6.98. The second-order valence-electron chi connectivity index (χ2n) is 7.65. The minimum absolute atomic E-state index is 0.345. The van der Waals surface area contributed by atoms with Gasteiger partial charge in [-0.05, 0) is 79.6 Å². The third kappa shape index (κ3) is 8.06. The molecule has 0 spiro atoms. The van der Waals surface area contributed by atoms with Crippen molar-refractivity contribution < 1.29 is 13.9 Å². The average molecular weight is 441 g/mol. The zero-order chi connectivity index (χ0) is 23.3. The maximum absolute atomic E-state index is 14.5. The van der Waals surface area contributed by atoms with E-state index in [0.29, 0.717) is 17.7 Å². The molecule has 2 nitrogen and oxygen atoms in total. The van der Waals surface area contributed by atoms with Crippen LogP contribution in [0.3, 0.4) is 0 Å². The first kappa shape index (κ1) is 24.0. The van der Waals surface area contributed by atoms with Crippen LogP contribution in [0.15, 0.2) is 66.7 Å². The Morgan fingerprint density at radius 3 is 1.55 bits per heavy atom. The Morgan fingerprint density at radius 2 is 1.06 bits per heavy atom. The molecule has 0 amide bonds. The van der Waals surface area contributed by atoms with Crippen molar-refractivity contribution in [2.75, 3.05) is 13.2 Å². The number of hydrogen-bond donors (Lipinski definition) is 0. The Hall–Kier alpha value is -3.69. The fourth-order valence-electron chi connectivity index (χ4n) is 2.92. The summed E-state index contributed by atoms with van der Waals surface area (Å²) in [4.78, 5) is 0. The summed E-state index contributed by atoms with van der Waals surface area (Å²) in [5.74, 6) is 13.3. The largest absolute Gasteiger partial charge is 0.494 e. The van der Waals surface area contributed by atoms with Crippen LogP contribution in [-0.2, 0) is 0 Å². The fourth-order valence-corrected chi connectivity index (χ4v) is 2.92. The van der Waals surface area contributed by atoms with E-state index in [1.54, 1.807) is 12.1 Å². The van der Waals surface area contributed by atoms with Crippen LogP contribution in [0.5, 0.6) is 11.5 Å². The molecule has 0 atom stereocenters. The third-order valence-corrected chi connectivity index (χ3v) is 4.90. The summed E-state index contributed by atoms with van der Waals surface area (Å²) in [6.07, 6.45) is 4.27. The number of hydrogen-bond acceptors (Lipinski definition) is 2. The summed E-state index contributed by atoms with van der Waals surface area (Å²) in [5.41, 5.74) is 2.61. The maximum atomic E-state index is 14.5. The molecule has 0 N–H and O–H groups in total. The van der Waals surface area contributed by atoms with Crippen LogP contribution in [-0.4, -0.2) is 13.2 Å². The number of benzene rings is 3. The van der Waals surface area contributed by atoms with Crippen molar-refractivity contribution in [3.8, 4) is 35.2 Å². The summed E-state index contributed by atoms with van der Waals surface area (Å²) in [5, 5.41) is 0. The monoisotopic (exact) mass is 440 g/mol. The highest BCUT2D eigenvalue weighted by Crippen LogP contribution is 2.14. The molecule has 0 saturated heterocycles. The van der Waals surface area contributed by atoms with Crippen molar-refractivity contribution in [3.05, 3.63) is 94.8 Å². The van der Waals surface area contributed by atoms with Crippen molar-refractivity contribution in [1.82, 2.24) is 0 Å². The highest BCUT2D eigenvalue weighted by atomic mass is 19.1. The lowest BCUT2D eigenvalue weighted by Gasteiger charge is -2.04. The van der Waals surface area contributed by atoms with Crippen molar-refractivity contribution in [2.24, 2.45) is 0 Å². The van der Waals surface area contributed by atoms with Gasteiger partial charge in [0.05, 0.1) is 18.8 Å². The molecule has 0 unspecified atom stereocenters. The molecule has 3 aromatic carbocycles. The molecule has 168 valence electrons. The maximum Gasteiger partial charge on any atom is 0.140 e. The van der Waals surface area contributed by atoms with Gasteiger partial charge in [0.2, 0.25) is 0 Å². The molecule has 0 aliphatic heterocycles. The summed E-state index contributed by atoms with van der Waals surface area (Å²) in [6.45, 7) is 5.69. The van der Waals surface area contributed by atoms with Crippen LogP contribution in [0, 0.1) is 29.5 Å². The molecule has 3 heteroatoms. The first-order valence-electron chi connectivity index (χ1n) is 11.5.